The highest BCUT2D eigenvalue weighted by Crippen LogP contribution is 2.13. The Bertz CT molecular complexity index is 154. The normalized spacial score (nSPS) is 16.3. The van der Waals surface area contributed by atoms with E-state index in [0.717, 1.165) is 13.0 Å². The van der Waals surface area contributed by atoms with E-state index in [2.05, 4.69) is 24.1 Å². The third kappa shape index (κ3) is 3.32. The standard InChI is InChI=1S/C9H24N2O2Si/c1-7-8-10-9(2,11(3)4)14(12-5)13-6/h10,14H,7-8H2,1-6H3. The van der Waals surface area contributed by atoms with Crippen molar-refractivity contribution in [3.63, 3.8) is 0 Å². The summed E-state index contributed by atoms with van der Waals surface area (Å²) in [7, 11) is 5.82. The first-order chi connectivity index (χ1) is 6.52. The number of nitrogens with one attached hydrogen (secondary N) is 1. The lowest BCUT2D eigenvalue weighted by molar-refractivity contribution is 0.135. The molecule has 0 rings (SSSR count). The lowest BCUT2D eigenvalue weighted by Crippen LogP contribution is -2.65. The van der Waals surface area contributed by atoms with Gasteiger partial charge in [-0.05, 0) is 34.0 Å². The first kappa shape index (κ1) is 14.1. The fourth-order valence-corrected chi connectivity index (χ4v) is 3.23. The second kappa shape index (κ2) is 6.52. The summed E-state index contributed by atoms with van der Waals surface area (Å²) >= 11 is 0. The molecule has 0 spiro atoms. The van der Waals surface area contributed by atoms with Crippen LogP contribution in [-0.2, 0) is 8.85 Å². The fourth-order valence-electron chi connectivity index (χ4n) is 1.39. The third-order valence-electron chi connectivity index (χ3n) is 2.55. The van der Waals surface area contributed by atoms with Gasteiger partial charge in [-0.25, -0.2) is 0 Å². The molecular formula is C9H24N2O2Si. The predicted molar refractivity (Wildman–Crippen MR) is 61.6 cm³/mol. The van der Waals surface area contributed by atoms with E-state index in [0.29, 0.717) is 0 Å². The molecule has 0 aromatic heterocycles. The molecule has 5 heteroatoms. The summed E-state index contributed by atoms with van der Waals surface area (Å²) in [4.78, 5) is 2.13. The fraction of sp³-hybridized carbons (Fsp3) is 1.00. The van der Waals surface area contributed by atoms with Crippen LogP contribution < -0.4 is 5.32 Å². The Morgan fingerprint density at radius 3 is 2.07 bits per heavy atom. The van der Waals surface area contributed by atoms with Crippen molar-refractivity contribution < 1.29 is 8.85 Å². The molecule has 0 radical (unpaired) electrons. The quantitative estimate of drug-likeness (QED) is 0.495. The topological polar surface area (TPSA) is 33.7 Å². The molecule has 86 valence electrons. The van der Waals surface area contributed by atoms with Gasteiger partial charge in [-0.3, -0.25) is 10.2 Å². The van der Waals surface area contributed by atoms with Crippen LogP contribution >= 0.6 is 0 Å². The molecule has 0 aliphatic rings. The van der Waals surface area contributed by atoms with Gasteiger partial charge >= 0.3 is 9.28 Å². The zero-order valence-electron chi connectivity index (χ0n) is 10.3. The Morgan fingerprint density at radius 1 is 1.29 bits per heavy atom. The Balaban J connectivity index is 4.50. The van der Waals surface area contributed by atoms with Crippen LogP contribution in [0.1, 0.15) is 20.3 Å². The van der Waals surface area contributed by atoms with Gasteiger partial charge in [0, 0.05) is 14.2 Å². The molecule has 0 aromatic rings. The smallest absolute Gasteiger partial charge is 0.356 e. The van der Waals surface area contributed by atoms with Crippen LogP contribution in [0.15, 0.2) is 0 Å². The van der Waals surface area contributed by atoms with Crippen LogP contribution in [0.5, 0.6) is 0 Å². The van der Waals surface area contributed by atoms with Gasteiger partial charge in [0.2, 0.25) is 0 Å². The Kier molecular flexibility index (Phi) is 6.55. The maximum Gasteiger partial charge on any atom is 0.356 e. The van der Waals surface area contributed by atoms with Crippen molar-refractivity contribution in [3.8, 4) is 0 Å². The molecule has 1 atom stereocenters. The molecule has 14 heavy (non-hydrogen) atoms. The minimum absolute atomic E-state index is 0.153. The van der Waals surface area contributed by atoms with E-state index >= 15 is 0 Å². The first-order valence-electron chi connectivity index (χ1n) is 5.01. The number of rotatable bonds is 7. The molecule has 0 aliphatic heterocycles. The molecule has 0 amide bonds. The van der Waals surface area contributed by atoms with E-state index in [4.69, 9.17) is 8.85 Å². The molecule has 1 N–H and O–H groups in total. The van der Waals surface area contributed by atoms with Gasteiger partial charge in [0.1, 0.15) is 5.29 Å². The largest absolute Gasteiger partial charge is 0.398 e. The van der Waals surface area contributed by atoms with Crippen molar-refractivity contribution in [2.45, 2.75) is 25.6 Å². The SMILES string of the molecule is CCCNC(C)(N(C)C)[SiH](OC)OC. The van der Waals surface area contributed by atoms with Crippen molar-refractivity contribution in [3.05, 3.63) is 0 Å². The highest BCUT2D eigenvalue weighted by molar-refractivity contribution is 6.48. The molecule has 1 unspecified atom stereocenters. The second-order valence-electron chi connectivity index (χ2n) is 3.77. The van der Waals surface area contributed by atoms with Gasteiger partial charge in [-0.1, -0.05) is 6.92 Å². The minimum Gasteiger partial charge on any atom is -0.398 e. The predicted octanol–water partition coefficient (Wildman–Crippen LogP) is 0.316. The van der Waals surface area contributed by atoms with Crippen LogP contribution in [0.4, 0.5) is 0 Å². The highest BCUT2D eigenvalue weighted by Gasteiger charge is 2.39. The lowest BCUT2D eigenvalue weighted by Gasteiger charge is -2.40. The zero-order valence-corrected chi connectivity index (χ0v) is 11.4. The Labute approximate surface area is 89.4 Å². The summed E-state index contributed by atoms with van der Waals surface area (Å²) in [6.45, 7) is 5.26. The molecule has 0 heterocycles. The van der Waals surface area contributed by atoms with Crippen molar-refractivity contribution in [2.24, 2.45) is 0 Å². The number of nitrogens with zero attached hydrogens (tertiary/aromatic N) is 1. The van der Waals surface area contributed by atoms with Crippen molar-refractivity contribution in [2.75, 3.05) is 34.9 Å². The van der Waals surface area contributed by atoms with Crippen LogP contribution in [0.25, 0.3) is 0 Å². The summed E-state index contributed by atoms with van der Waals surface area (Å²) in [6, 6.07) is 0. The molecular weight excluding hydrogens is 196 g/mol. The molecule has 4 nitrogen and oxygen atoms in total. The van der Waals surface area contributed by atoms with E-state index in [1.54, 1.807) is 14.2 Å². The Hall–Kier alpha value is 0.0569. The van der Waals surface area contributed by atoms with Crippen LogP contribution in [0.2, 0.25) is 0 Å². The molecule has 0 saturated heterocycles. The van der Waals surface area contributed by atoms with Gasteiger partial charge in [-0.15, -0.1) is 0 Å². The highest BCUT2D eigenvalue weighted by atomic mass is 28.3. The first-order valence-corrected chi connectivity index (χ1v) is 6.53. The summed E-state index contributed by atoms with van der Waals surface area (Å²) in [6.07, 6.45) is 1.11. The third-order valence-corrected chi connectivity index (χ3v) is 5.04. The van der Waals surface area contributed by atoms with E-state index in [-0.39, 0.29) is 5.29 Å². The second-order valence-corrected chi connectivity index (χ2v) is 6.50. The van der Waals surface area contributed by atoms with Crippen molar-refractivity contribution in [1.29, 1.82) is 0 Å². The van der Waals surface area contributed by atoms with Gasteiger partial charge < -0.3 is 8.85 Å². The van der Waals surface area contributed by atoms with Crippen molar-refractivity contribution >= 4 is 9.28 Å². The molecule has 0 bridgehead atoms. The lowest BCUT2D eigenvalue weighted by atomic mass is 10.4. The van der Waals surface area contributed by atoms with E-state index < -0.39 is 9.28 Å². The summed E-state index contributed by atoms with van der Waals surface area (Å²) in [5, 5.41) is 3.33. The number of hydrogen-bond acceptors (Lipinski definition) is 4. The minimum atomic E-state index is -1.70. The van der Waals surface area contributed by atoms with Crippen LogP contribution in [0, 0.1) is 0 Å². The maximum absolute atomic E-state index is 5.44. The van der Waals surface area contributed by atoms with Crippen LogP contribution in [0.3, 0.4) is 0 Å². The van der Waals surface area contributed by atoms with E-state index in [1.165, 1.54) is 0 Å². The Morgan fingerprint density at radius 2 is 1.79 bits per heavy atom. The van der Waals surface area contributed by atoms with Gasteiger partial charge in [0.05, 0.1) is 0 Å². The van der Waals surface area contributed by atoms with Gasteiger partial charge in [0.15, 0.2) is 0 Å². The average Bonchev–Trinajstić information content (AvgIpc) is 2.16. The molecule has 0 fully saturated rings. The monoisotopic (exact) mass is 220 g/mol. The summed E-state index contributed by atoms with van der Waals surface area (Å²) in [5.41, 5.74) is 0. The number of hydrogen-bond donors (Lipinski definition) is 1. The van der Waals surface area contributed by atoms with E-state index in [9.17, 15) is 0 Å². The maximum atomic E-state index is 5.44. The van der Waals surface area contributed by atoms with Crippen molar-refractivity contribution in [1.82, 2.24) is 10.2 Å². The van der Waals surface area contributed by atoms with Gasteiger partial charge in [0.25, 0.3) is 0 Å². The molecule has 0 aromatic carbocycles. The van der Waals surface area contributed by atoms with E-state index in [1.807, 2.05) is 14.1 Å². The summed E-state index contributed by atoms with van der Waals surface area (Å²) in [5.74, 6) is 0. The van der Waals surface area contributed by atoms with Crippen LogP contribution in [-0.4, -0.2) is 54.3 Å². The summed E-state index contributed by atoms with van der Waals surface area (Å²) < 4.78 is 10.9. The molecule has 0 saturated carbocycles. The average molecular weight is 220 g/mol. The molecule has 0 aliphatic carbocycles. The van der Waals surface area contributed by atoms with Gasteiger partial charge in [-0.2, -0.15) is 0 Å². The zero-order chi connectivity index (χ0) is 11.2.